The van der Waals surface area contributed by atoms with Gasteiger partial charge in [0.15, 0.2) is 16.1 Å². The molecule has 0 saturated carbocycles. The van der Waals surface area contributed by atoms with Crippen molar-refractivity contribution in [1.82, 2.24) is 10.3 Å². The minimum atomic E-state index is -4.24. The summed E-state index contributed by atoms with van der Waals surface area (Å²) in [5.74, 6) is -1.81. The predicted molar refractivity (Wildman–Crippen MR) is 137 cm³/mol. The van der Waals surface area contributed by atoms with Crippen molar-refractivity contribution in [2.75, 3.05) is 16.7 Å². The fourth-order valence-corrected chi connectivity index (χ4v) is 6.63. The zero-order valence-electron chi connectivity index (χ0n) is 20.1. The number of anilines is 1. The van der Waals surface area contributed by atoms with Crippen molar-refractivity contribution < 1.29 is 35.9 Å². The van der Waals surface area contributed by atoms with Crippen molar-refractivity contribution in [3.8, 4) is 5.75 Å². The smallest absolute Gasteiger partial charge is 0.271 e. The van der Waals surface area contributed by atoms with E-state index >= 15 is 4.39 Å². The Morgan fingerprint density at radius 3 is 2.58 bits per heavy atom. The number of hydrogen-bond donors (Lipinski definition) is 2. The summed E-state index contributed by atoms with van der Waals surface area (Å²) in [6, 6.07) is 8.98. The topological polar surface area (TPSA) is 143 Å². The van der Waals surface area contributed by atoms with Gasteiger partial charge in [0.05, 0.1) is 34.7 Å². The molecular formula is C24H23ClFN3O7S2. The van der Waals surface area contributed by atoms with Gasteiger partial charge in [0.25, 0.3) is 15.9 Å². The Morgan fingerprint density at radius 1 is 1.24 bits per heavy atom. The van der Waals surface area contributed by atoms with Crippen molar-refractivity contribution in [1.29, 1.82) is 0 Å². The number of pyridine rings is 1. The Bertz CT molecular complexity index is 1600. The van der Waals surface area contributed by atoms with Crippen LogP contribution in [0.2, 0.25) is 5.02 Å². The van der Waals surface area contributed by atoms with E-state index < -0.39 is 50.5 Å². The molecule has 0 radical (unpaired) electrons. The van der Waals surface area contributed by atoms with Gasteiger partial charge in [0.1, 0.15) is 16.5 Å². The van der Waals surface area contributed by atoms with Gasteiger partial charge >= 0.3 is 0 Å². The standard InChI is InChI=1S/C24H23ClFN3O7S2/c1-3-37(32,33)17-6-7-19(27-12-17)20(13-30)28-24(31)15-4-8-21(18(26)10-15)29-14(2)36-22-9-5-16(25)11-23(22)38(29,34)35/h4-12,14,20,30H,3,13H2,1-2H3,(H,28,31)/t14-,20?/m0/s1. The van der Waals surface area contributed by atoms with Crippen LogP contribution in [0.5, 0.6) is 5.75 Å². The molecule has 14 heteroatoms. The van der Waals surface area contributed by atoms with E-state index in [1.54, 1.807) is 0 Å². The number of nitrogens with one attached hydrogen (secondary N) is 1. The van der Waals surface area contributed by atoms with E-state index in [9.17, 15) is 26.7 Å². The van der Waals surface area contributed by atoms with E-state index in [-0.39, 0.29) is 43.3 Å². The van der Waals surface area contributed by atoms with Crippen LogP contribution in [-0.4, -0.2) is 51.4 Å². The van der Waals surface area contributed by atoms with Gasteiger partial charge < -0.3 is 15.2 Å². The molecule has 2 N–H and O–H groups in total. The number of sulfone groups is 1. The van der Waals surface area contributed by atoms with Crippen LogP contribution in [0.1, 0.15) is 35.9 Å². The summed E-state index contributed by atoms with van der Waals surface area (Å²) >= 11 is 5.95. The second kappa shape index (κ2) is 10.5. The van der Waals surface area contributed by atoms with E-state index in [0.717, 1.165) is 22.6 Å². The van der Waals surface area contributed by atoms with Crippen LogP contribution in [0.15, 0.2) is 64.5 Å². The Balaban J connectivity index is 1.58. The van der Waals surface area contributed by atoms with E-state index in [1.807, 2.05) is 0 Å². The molecule has 1 amide bonds. The molecule has 1 aromatic heterocycles. The number of nitrogens with zero attached hydrogens (tertiary/aromatic N) is 2. The number of carbonyl (C=O) groups is 1. The maximum atomic E-state index is 15.2. The monoisotopic (exact) mass is 583 g/mol. The first-order chi connectivity index (χ1) is 17.9. The molecule has 38 heavy (non-hydrogen) atoms. The first-order valence-electron chi connectivity index (χ1n) is 11.3. The summed E-state index contributed by atoms with van der Waals surface area (Å²) in [5.41, 5.74) is -0.301. The predicted octanol–water partition coefficient (Wildman–Crippen LogP) is 3.06. The van der Waals surface area contributed by atoms with Gasteiger partial charge in [-0.15, -0.1) is 0 Å². The molecule has 0 aliphatic carbocycles. The zero-order valence-corrected chi connectivity index (χ0v) is 22.5. The number of fused-ring (bicyclic) bond motifs is 1. The van der Waals surface area contributed by atoms with Crippen LogP contribution in [0.3, 0.4) is 0 Å². The molecule has 0 fully saturated rings. The first-order valence-corrected chi connectivity index (χ1v) is 14.8. The number of hydrogen-bond acceptors (Lipinski definition) is 8. The quantitative estimate of drug-likeness (QED) is 0.432. The van der Waals surface area contributed by atoms with Crippen LogP contribution in [-0.2, 0) is 19.9 Å². The van der Waals surface area contributed by atoms with Crippen molar-refractivity contribution >= 4 is 43.1 Å². The highest BCUT2D eigenvalue weighted by Crippen LogP contribution is 2.39. The minimum absolute atomic E-state index is 0.000180. The molecule has 4 rings (SSSR count). The van der Waals surface area contributed by atoms with Crippen molar-refractivity contribution in [2.45, 2.75) is 35.9 Å². The maximum Gasteiger partial charge on any atom is 0.271 e. The lowest BCUT2D eigenvalue weighted by molar-refractivity contribution is 0.0914. The van der Waals surface area contributed by atoms with E-state index in [0.29, 0.717) is 0 Å². The average Bonchev–Trinajstić information content (AvgIpc) is 2.88. The summed E-state index contributed by atoms with van der Waals surface area (Å²) in [7, 11) is -7.72. The Labute approximate surface area is 224 Å². The number of benzene rings is 2. The molecule has 3 aromatic rings. The third-order valence-corrected chi connectivity index (χ3v) is 9.70. The minimum Gasteiger partial charge on any atom is -0.468 e. The average molecular weight is 584 g/mol. The SMILES string of the molecule is CCS(=O)(=O)c1ccc(C(CO)NC(=O)c2ccc(N3[C@H](C)Oc4ccc(Cl)cc4S3(=O)=O)c(F)c2)nc1. The molecule has 202 valence electrons. The number of aliphatic hydroxyl groups excluding tert-OH is 1. The van der Waals surface area contributed by atoms with Crippen LogP contribution in [0, 0.1) is 5.82 Å². The van der Waals surface area contributed by atoms with Gasteiger partial charge in [-0.1, -0.05) is 18.5 Å². The fourth-order valence-electron chi connectivity index (χ4n) is 3.87. The molecule has 1 aliphatic heterocycles. The fraction of sp³-hybridized carbons (Fsp3) is 0.250. The lowest BCUT2D eigenvalue weighted by Crippen LogP contribution is -2.46. The van der Waals surface area contributed by atoms with Crippen molar-refractivity contribution in [3.63, 3.8) is 0 Å². The van der Waals surface area contributed by atoms with Crippen molar-refractivity contribution in [2.24, 2.45) is 0 Å². The van der Waals surface area contributed by atoms with Crippen LogP contribution < -0.4 is 14.4 Å². The third kappa shape index (κ3) is 5.19. The number of sulfonamides is 1. The summed E-state index contributed by atoms with van der Waals surface area (Å²) in [6.07, 6.45) is 0.0395. The summed E-state index contributed by atoms with van der Waals surface area (Å²) in [5, 5.41) is 12.4. The number of halogens is 2. The number of aromatic nitrogens is 1. The molecule has 0 spiro atoms. The highest BCUT2D eigenvalue weighted by molar-refractivity contribution is 7.93. The highest BCUT2D eigenvalue weighted by Gasteiger charge is 2.39. The third-order valence-electron chi connectivity index (χ3n) is 5.86. The number of rotatable bonds is 7. The van der Waals surface area contributed by atoms with Gasteiger partial charge in [-0.25, -0.2) is 25.5 Å². The Morgan fingerprint density at radius 2 is 1.97 bits per heavy atom. The van der Waals surface area contributed by atoms with E-state index in [1.165, 1.54) is 50.2 Å². The normalized spacial score (nSPS) is 17.3. The van der Waals surface area contributed by atoms with E-state index in [2.05, 4.69) is 10.3 Å². The highest BCUT2D eigenvalue weighted by atomic mass is 35.5. The Hall–Kier alpha value is -3.26. The van der Waals surface area contributed by atoms with Crippen LogP contribution >= 0.6 is 11.6 Å². The number of amides is 1. The molecule has 10 nitrogen and oxygen atoms in total. The molecule has 1 aliphatic rings. The number of ether oxygens (including phenoxy) is 1. The molecule has 2 aromatic carbocycles. The molecule has 1 unspecified atom stereocenters. The molecule has 2 heterocycles. The van der Waals surface area contributed by atoms with Crippen LogP contribution in [0.4, 0.5) is 10.1 Å². The summed E-state index contributed by atoms with van der Waals surface area (Å²) in [6.45, 7) is 2.36. The van der Waals surface area contributed by atoms with Gasteiger partial charge in [0, 0.05) is 16.8 Å². The Kier molecular flexibility index (Phi) is 7.66. The zero-order chi connectivity index (χ0) is 27.8. The molecule has 2 atom stereocenters. The molecule has 0 bridgehead atoms. The van der Waals surface area contributed by atoms with Gasteiger partial charge in [-0.05, 0) is 55.5 Å². The second-order valence-corrected chi connectivity index (χ2v) is 12.8. The molecule has 0 saturated heterocycles. The van der Waals surface area contributed by atoms with Gasteiger partial charge in [-0.3, -0.25) is 9.78 Å². The summed E-state index contributed by atoms with van der Waals surface area (Å²) < 4.78 is 72.1. The second-order valence-electron chi connectivity index (χ2n) is 8.31. The largest absolute Gasteiger partial charge is 0.468 e. The first kappa shape index (κ1) is 27.8. The van der Waals surface area contributed by atoms with Crippen LogP contribution in [0.25, 0.3) is 0 Å². The molecular weight excluding hydrogens is 561 g/mol. The summed E-state index contributed by atoms with van der Waals surface area (Å²) in [4.78, 5) is 16.6. The lowest BCUT2D eigenvalue weighted by atomic mass is 10.1. The maximum absolute atomic E-state index is 15.2. The van der Waals surface area contributed by atoms with E-state index in [4.69, 9.17) is 16.3 Å². The lowest BCUT2D eigenvalue weighted by Gasteiger charge is -2.35. The number of aliphatic hydroxyl groups is 1. The van der Waals surface area contributed by atoms with Crippen molar-refractivity contribution in [3.05, 3.63) is 76.8 Å². The van der Waals surface area contributed by atoms with Gasteiger partial charge in [0.2, 0.25) is 0 Å². The van der Waals surface area contributed by atoms with Gasteiger partial charge in [-0.2, -0.15) is 0 Å². The number of carbonyl (C=O) groups excluding carboxylic acids is 1.